The van der Waals surface area contributed by atoms with E-state index in [1.54, 1.807) is 7.11 Å². The minimum Gasteiger partial charge on any atom is -0.493 e. The topological polar surface area (TPSA) is 58.1 Å². The van der Waals surface area contributed by atoms with E-state index in [0.29, 0.717) is 18.7 Å². The van der Waals surface area contributed by atoms with E-state index in [9.17, 15) is 0 Å². The number of hydrogen-bond donors (Lipinski definition) is 2. The Hall–Kier alpha value is -1.95. The van der Waals surface area contributed by atoms with Gasteiger partial charge in [-0.1, -0.05) is 19.1 Å². The summed E-state index contributed by atoms with van der Waals surface area (Å²) in [6.07, 6.45) is 7.60. The fourth-order valence-corrected chi connectivity index (χ4v) is 4.32. The first-order chi connectivity index (χ1) is 13.7. The van der Waals surface area contributed by atoms with Crippen molar-refractivity contribution in [3.8, 4) is 11.5 Å². The molecule has 2 fully saturated rings. The Balaban J connectivity index is 1.59. The maximum absolute atomic E-state index is 6.33. The van der Waals surface area contributed by atoms with Crippen LogP contribution >= 0.6 is 0 Å². The Bertz CT molecular complexity index is 643. The second-order valence-electron chi connectivity index (χ2n) is 7.70. The zero-order chi connectivity index (χ0) is 19.8. The maximum atomic E-state index is 6.33. The van der Waals surface area contributed by atoms with Gasteiger partial charge in [0.15, 0.2) is 17.5 Å². The van der Waals surface area contributed by atoms with Crippen LogP contribution in [0.3, 0.4) is 0 Å². The quantitative estimate of drug-likeness (QED) is 0.529. The number of nitrogens with one attached hydrogen (secondary N) is 2. The Morgan fingerprint density at radius 1 is 1.18 bits per heavy atom. The predicted molar refractivity (Wildman–Crippen MR) is 114 cm³/mol. The number of ether oxygens (including phenoxy) is 2. The Labute approximate surface area is 169 Å². The Morgan fingerprint density at radius 2 is 2.00 bits per heavy atom. The molecular weight excluding hydrogens is 352 g/mol. The van der Waals surface area contributed by atoms with Gasteiger partial charge in [-0.15, -0.1) is 0 Å². The molecule has 2 aliphatic rings. The molecule has 0 radical (unpaired) electrons. The SMILES string of the molecule is CCN1CCCC1CNC(=NC)NCc1cccc(OC)c1OC1CCCC1. The first kappa shape index (κ1) is 20.8. The highest BCUT2D eigenvalue weighted by Gasteiger charge is 2.23. The van der Waals surface area contributed by atoms with E-state index < -0.39 is 0 Å². The molecule has 0 aromatic heterocycles. The van der Waals surface area contributed by atoms with E-state index in [1.807, 2.05) is 19.2 Å². The van der Waals surface area contributed by atoms with Gasteiger partial charge in [-0.3, -0.25) is 9.89 Å². The molecule has 1 heterocycles. The summed E-state index contributed by atoms with van der Waals surface area (Å²) < 4.78 is 11.9. The van der Waals surface area contributed by atoms with E-state index in [1.165, 1.54) is 32.2 Å². The van der Waals surface area contributed by atoms with E-state index in [-0.39, 0.29) is 0 Å². The summed E-state index contributed by atoms with van der Waals surface area (Å²) in [6, 6.07) is 6.69. The first-order valence-corrected chi connectivity index (χ1v) is 10.8. The van der Waals surface area contributed by atoms with Crippen LogP contribution in [-0.2, 0) is 6.54 Å². The summed E-state index contributed by atoms with van der Waals surface area (Å²) in [7, 11) is 3.53. The molecule has 1 aromatic carbocycles. The van der Waals surface area contributed by atoms with Gasteiger partial charge in [0.1, 0.15) is 0 Å². The number of nitrogens with zero attached hydrogens (tertiary/aromatic N) is 2. The molecule has 0 spiro atoms. The van der Waals surface area contributed by atoms with Crippen molar-refractivity contribution in [2.45, 2.75) is 64.1 Å². The van der Waals surface area contributed by atoms with Crippen LogP contribution in [0.4, 0.5) is 0 Å². The van der Waals surface area contributed by atoms with E-state index in [2.05, 4.69) is 33.5 Å². The van der Waals surface area contributed by atoms with Crippen molar-refractivity contribution < 1.29 is 9.47 Å². The summed E-state index contributed by atoms with van der Waals surface area (Å²) in [5.41, 5.74) is 1.10. The van der Waals surface area contributed by atoms with Gasteiger partial charge in [0.25, 0.3) is 0 Å². The molecule has 2 N–H and O–H groups in total. The van der Waals surface area contributed by atoms with Gasteiger partial charge in [-0.25, -0.2) is 0 Å². The van der Waals surface area contributed by atoms with Crippen molar-refractivity contribution in [3.63, 3.8) is 0 Å². The van der Waals surface area contributed by atoms with Crippen LogP contribution in [0.5, 0.6) is 11.5 Å². The van der Waals surface area contributed by atoms with Gasteiger partial charge in [0.2, 0.25) is 0 Å². The molecule has 0 bridgehead atoms. The third-order valence-electron chi connectivity index (χ3n) is 5.95. The number of rotatable bonds is 8. The molecule has 6 heteroatoms. The number of methoxy groups -OCH3 is 1. The summed E-state index contributed by atoms with van der Waals surface area (Å²) in [4.78, 5) is 6.93. The third kappa shape index (κ3) is 5.31. The number of likely N-dealkylation sites (tertiary alicyclic amines) is 1. The lowest BCUT2D eigenvalue weighted by molar-refractivity contribution is 0.198. The normalized spacial score (nSPS) is 21.1. The molecule has 6 nitrogen and oxygen atoms in total. The lowest BCUT2D eigenvalue weighted by Gasteiger charge is -2.24. The highest BCUT2D eigenvalue weighted by atomic mass is 16.5. The van der Waals surface area contributed by atoms with Crippen LogP contribution in [0.1, 0.15) is 51.0 Å². The number of para-hydroxylation sites is 1. The fraction of sp³-hybridized carbons (Fsp3) is 0.682. The monoisotopic (exact) mass is 388 g/mol. The lowest BCUT2D eigenvalue weighted by atomic mass is 10.1. The van der Waals surface area contributed by atoms with E-state index in [0.717, 1.165) is 49.0 Å². The Morgan fingerprint density at radius 3 is 2.71 bits per heavy atom. The minimum atomic E-state index is 0.301. The summed E-state index contributed by atoms with van der Waals surface area (Å²) in [5.74, 6) is 2.50. The average molecular weight is 389 g/mol. The number of hydrogen-bond acceptors (Lipinski definition) is 4. The van der Waals surface area contributed by atoms with Crippen LogP contribution in [0.2, 0.25) is 0 Å². The molecule has 1 saturated heterocycles. The van der Waals surface area contributed by atoms with E-state index in [4.69, 9.17) is 9.47 Å². The molecule has 1 unspecified atom stereocenters. The van der Waals surface area contributed by atoms with Gasteiger partial charge < -0.3 is 20.1 Å². The maximum Gasteiger partial charge on any atom is 0.191 e. The smallest absolute Gasteiger partial charge is 0.191 e. The van der Waals surface area contributed by atoms with Crippen LogP contribution in [0.15, 0.2) is 23.2 Å². The number of benzene rings is 1. The zero-order valence-electron chi connectivity index (χ0n) is 17.7. The van der Waals surface area contributed by atoms with Crippen molar-refractivity contribution in [2.75, 3.05) is 33.8 Å². The molecule has 1 atom stereocenters. The predicted octanol–water partition coefficient (Wildman–Crippen LogP) is 3.17. The molecular formula is C22H36N4O2. The highest BCUT2D eigenvalue weighted by Crippen LogP contribution is 2.34. The van der Waals surface area contributed by atoms with Gasteiger partial charge in [-0.05, 0) is 57.7 Å². The van der Waals surface area contributed by atoms with Crippen molar-refractivity contribution >= 4 is 5.96 Å². The van der Waals surface area contributed by atoms with Gasteiger partial charge >= 0.3 is 0 Å². The first-order valence-electron chi connectivity index (χ1n) is 10.8. The van der Waals surface area contributed by atoms with Crippen molar-refractivity contribution in [2.24, 2.45) is 4.99 Å². The summed E-state index contributed by atoms with van der Waals surface area (Å²) >= 11 is 0. The van der Waals surface area contributed by atoms with Crippen LogP contribution in [0.25, 0.3) is 0 Å². The van der Waals surface area contributed by atoms with Crippen molar-refractivity contribution in [1.82, 2.24) is 15.5 Å². The van der Waals surface area contributed by atoms with Gasteiger partial charge in [0.05, 0.1) is 13.2 Å². The molecule has 1 aliphatic carbocycles. The Kier molecular flexibility index (Phi) is 7.83. The molecule has 0 amide bonds. The average Bonchev–Trinajstić information content (AvgIpc) is 3.40. The van der Waals surface area contributed by atoms with Gasteiger partial charge in [0, 0.05) is 31.7 Å². The van der Waals surface area contributed by atoms with E-state index >= 15 is 0 Å². The molecule has 1 saturated carbocycles. The molecule has 28 heavy (non-hydrogen) atoms. The zero-order valence-corrected chi connectivity index (χ0v) is 17.7. The largest absolute Gasteiger partial charge is 0.493 e. The standard InChI is InChI=1S/C22H36N4O2/c1-4-26-14-8-10-18(26)16-25-22(23-2)24-15-17-9-7-13-20(27-3)21(17)28-19-11-5-6-12-19/h7,9,13,18-19H,4-6,8,10-12,14-16H2,1-3H3,(H2,23,24,25). The molecule has 156 valence electrons. The number of guanidine groups is 1. The fourth-order valence-electron chi connectivity index (χ4n) is 4.32. The highest BCUT2D eigenvalue weighted by molar-refractivity contribution is 5.79. The van der Waals surface area contributed by atoms with Crippen LogP contribution < -0.4 is 20.1 Å². The second kappa shape index (κ2) is 10.6. The van der Waals surface area contributed by atoms with Gasteiger partial charge in [-0.2, -0.15) is 0 Å². The van der Waals surface area contributed by atoms with Crippen LogP contribution in [-0.4, -0.2) is 56.8 Å². The lowest BCUT2D eigenvalue weighted by Crippen LogP contribution is -2.44. The van der Waals surface area contributed by atoms with Crippen molar-refractivity contribution in [3.05, 3.63) is 23.8 Å². The third-order valence-corrected chi connectivity index (χ3v) is 5.95. The minimum absolute atomic E-state index is 0.301. The molecule has 1 aromatic rings. The summed E-state index contributed by atoms with van der Waals surface area (Å²) in [5, 5.41) is 6.94. The number of aliphatic imine (C=N–C) groups is 1. The molecule has 1 aliphatic heterocycles. The molecule has 3 rings (SSSR count). The van der Waals surface area contributed by atoms with Crippen molar-refractivity contribution in [1.29, 1.82) is 0 Å². The van der Waals surface area contributed by atoms with Crippen LogP contribution in [0, 0.1) is 0 Å². The summed E-state index contributed by atoms with van der Waals surface area (Å²) in [6.45, 7) is 6.14. The second-order valence-corrected chi connectivity index (χ2v) is 7.70. The number of likely N-dealkylation sites (N-methyl/N-ethyl adjacent to an activating group) is 1.